The Bertz CT molecular complexity index is 523. The van der Waals surface area contributed by atoms with Gasteiger partial charge in [0.1, 0.15) is 6.04 Å². The number of nitrogens with one attached hydrogen (secondary N) is 3. The lowest BCUT2D eigenvalue weighted by molar-refractivity contribution is -0.129. The fourth-order valence-electron chi connectivity index (χ4n) is 3.42. The number of carbonyl (C=O) groups is 2. The van der Waals surface area contributed by atoms with Crippen molar-refractivity contribution in [2.75, 3.05) is 26.2 Å². The van der Waals surface area contributed by atoms with E-state index in [0.29, 0.717) is 19.0 Å². The molecule has 7 heteroatoms. The van der Waals surface area contributed by atoms with Crippen LogP contribution in [0.1, 0.15) is 43.7 Å². The summed E-state index contributed by atoms with van der Waals surface area (Å²) in [6, 6.07) is 1.66. The van der Waals surface area contributed by atoms with Crippen molar-refractivity contribution in [1.82, 2.24) is 25.7 Å². The molecule has 1 aromatic rings. The molecule has 2 aliphatic heterocycles. The Hall–Kier alpha value is -1.89. The summed E-state index contributed by atoms with van der Waals surface area (Å²) >= 11 is 0. The number of hydrogen-bond donors (Lipinski definition) is 3. The molecular weight excluding hydrogens is 294 g/mol. The highest BCUT2D eigenvalue weighted by Gasteiger charge is 2.25. The Morgan fingerprint density at radius 3 is 2.87 bits per heavy atom. The molecule has 0 saturated carbocycles. The summed E-state index contributed by atoms with van der Waals surface area (Å²) in [6.45, 7) is 2.88. The van der Waals surface area contributed by atoms with Crippen LogP contribution in [0.4, 0.5) is 0 Å². The van der Waals surface area contributed by atoms with Gasteiger partial charge in [-0.25, -0.2) is 0 Å². The van der Waals surface area contributed by atoms with Crippen molar-refractivity contribution in [2.24, 2.45) is 0 Å². The van der Waals surface area contributed by atoms with Gasteiger partial charge in [-0.15, -0.1) is 0 Å². The summed E-state index contributed by atoms with van der Waals surface area (Å²) in [7, 11) is 0. The van der Waals surface area contributed by atoms with Crippen LogP contribution in [0.2, 0.25) is 0 Å². The smallest absolute Gasteiger partial charge is 0.242 e. The first-order chi connectivity index (χ1) is 11.2. The van der Waals surface area contributed by atoms with Gasteiger partial charge >= 0.3 is 0 Å². The van der Waals surface area contributed by atoms with Crippen LogP contribution in [0.3, 0.4) is 0 Å². The SMILES string of the molecule is O=C(CN1CCC(c2ccn[nH]2)CC1)N[C@@H]1CCCCNC1=O. The summed E-state index contributed by atoms with van der Waals surface area (Å²) in [4.78, 5) is 26.2. The Labute approximate surface area is 136 Å². The van der Waals surface area contributed by atoms with Gasteiger partial charge in [-0.3, -0.25) is 19.6 Å². The first-order valence-electron chi connectivity index (χ1n) is 8.51. The predicted octanol–water partition coefficient (Wildman–Crippen LogP) is 0.374. The Morgan fingerprint density at radius 2 is 2.13 bits per heavy atom. The normalized spacial score (nSPS) is 24.0. The summed E-state index contributed by atoms with van der Waals surface area (Å²) in [5, 5.41) is 12.8. The topological polar surface area (TPSA) is 90.1 Å². The zero-order valence-corrected chi connectivity index (χ0v) is 13.4. The van der Waals surface area contributed by atoms with E-state index >= 15 is 0 Å². The predicted molar refractivity (Wildman–Crippen MR) is 85.8 cm³/mol. The molecular formula is C16H25N5O2. The molecule has 2 fully saturated rings. The molecule has 7 nitrogen and oxygen atoms in total. The molecule has 2 amide bonds. The number of piperidine rings is 1. The first kappa shape index (κ1) is 16.0. The summed E-state index contributed by atoms with van der Waals surface area (Å²) in [6.07, 6.45) is 6.53. The van der Waals surface area contributed by atoms with Gasteiger partial charge in [-0.05, 0) is 51.3 Å². The molecule has 23 heavy (non-hydrogen) atoms. The van der Waals surface area contributed by atoms with Crippen LogP contribution in [-0.2, 0) is 9.59 Å². The lowest BCUT2D eigenvalue weighted by Gasteiger charge is -2.31. The minimum absolute atomic E-state index is 0.0474. The first-order valence-corrected chi connectivity index (χ1v) is 8.51. The maximum Gasteiger partial charge on any atom is 0.242 e. The van der Waals surface area contributed by atoms with Gasteiger partial charge in [0.2, 0.25) is 11.8 Å². The van der Waals surface area contributed by atoms with Gasteiger partial charge in [0, 0.05) is 24.4 Å². The van der Waals surface area contributed by atoms with Crippen molar-refractivity contribution < 1.29 is 9.59 Å². The van der Waals surface area contributed by atoms with Gasteiger partial charge in [0.05, 0.1) is 6.54 Å². The Morgan fingerprint density at radius 1 is 1.30 bits per heavy atom. The van der Waals surface area contributed by atoms with Crippen LogP contribution in [0.25, 0.3) is 0 Å². The molecule has 0 aromatic carbocycles. The third kappa shape index (κ3) is 4.31. The minimum atomic E-state index is -0.368. The molecule has 126 valence electrons. The van der Waals surface area contributed by atoms with Gasteiger partial charge < -0.3 is 10.6 Å². The molecule has 1 aromatic heterocycles. The van der Waals surface area contributed by atoms with Crippen molar-refractivity contribution in [3.8, 4) is 0 Å². The second-order valence-electron chi connectivity index (χ2n) is 6.47. The van der Waals surface area contributed by atoms with E-state index in [1.807, 2.05) is 6.07 Å². The molecule has 1 atom stereocenters. The van der Waals surface area contributed by atoms with Crippen LogP contribution >= 0.6 is 0 Å². The molecule has 2 aliphatic rings. The Balaban J connectivity index is 1.43. The largest absolute Gasteiger partial charge is 0.354 e. The van der Waals surface area contributed by atoms with Crippen LogP contribution in [0, 0.1) is 0 Å². The van der Waals surface area contributed by atoms with Crippen LogP contribution in [-0.4, -0.2) is 59.1 Å². The second kappa shape index (κ2) is 7.59. The van der Waals surface area contributed by atoms with Gasteiger partial charge in [0.15, 0.2) is 0 Å². The van der Waals surface area contributed by atoms with Gasteiger partial charge in [0.25, 0.3) is 0 Å². The third-order valence-electron chi connectivity index (χ3n) is 4.79. The zero-order valence-electron chi connectivity index (χ0n) is 13.4. The summed E-state index contributed by atoms with van der Waals surface area (Å²) in [5.41, 5.74) is 1.18. The van der Waals surface area contributed by atoms with Crippen molar-refractivity contribution in [3.05, 3.63) is 18.0 Å². The van der Waals surface area contributed by atoms with E-state index in [0.717, 1.165) is 45.2 Å². The van der Waals surface area contributed by atoms with E-state index < -0.39 is 0 Å². The van der Waals surface area contributed by atoms with Gasteiger partial charge in [-0.2, -0.15) is 5.10 Å². The molecule has 3 heterocycles. The number of aromatic amines is 1. The monoisotopic (exact) mass is 319 g/mol. The lowest BCUT2D eigenvalue weighted by Crippen LogP contribution is -2.49. The lowest BCUT2D eigenvalue weighted by atomic mass is 9.94. The number of rotatable bonds is 4. The molecule has 2 saturated heterocycles. The number of hydrogen-bond acceptors (Lipinski definition) is 4. The zero-order chi connectivity index (χ0) is 16.1. The average molecular weight is 319 g/mol. The van der Waals surface area contributed by atoms with Crippen LogP contribution in [0.15, 0.2) is 12.3 Å². The van der Waals surface area contributed by atoms with Crippen molar-refractivity contribution in [2.45, 2.75) is 44.1 Å². The van der Waals surface area contributed by atoms with Crippen molar-refractivity contribution >= 4 is 11.8 Å². The van der Waals surface area contributed by atoms with Crippen LogP contribution < -0.4 is 10.6 Å². The number of H-pyrrole nitrogens is 1. The fourth-order valence-corrected chi connectivity index (χ4v) is 3.42. The average Bonchev–Trinajstić information content (AvgIpc) is 3.01. The molecule has 3 rings (SSSR count). The highest BCUT2D eigenvalue weighted by Crippen LogP contribution is 2.25. The van der Waals surface area contributed by atoms with Gasteiger partial charge in [-0.1, -0.05) is 0 Å². The quantitative estimate of drug-likeness (QED) is 0.748. The maximum atomic E-state index is 12.2. The molecule has 0 unspecified atom stereocenters. The summed E-state index contributed by atoms with van der Waals surface area (Å²) in [5.74, 6) is 0.408. The molecule has 0 aliphatic carbocycles. The summed E-state index contributed by atoms with van der Waals surface area (Å²) < 4.78 is 0. The molecule has 0 bridgehead atoms. The van der Waals surface area contributed by atoms with E-state index in [9.17, 15) is 9.59 Å². The van der Waals surface area contributed by atoms with E-state index in [-0.39, 0.29) is 17.9 Å². The molecule has 0 radical (unpaired) electrons. The molecule has 3 N–H and O–H groups in total. The third-order valence-corrected chi connectivity index (χ3v) is 4.79. The highest BCUT2D eigenvalue weighted by atomic mass is 16.2. The number of aromatic nitrogens is 2. The Kier molecular flexibility index (Phi) is 5.27. The number of amides is 2. The standard InChI is InChI=1S/C16H25N5O2/c22-15(19-14-3-1-2-7-17-16(14)23)11-21-9-5-12(6-10-21)13-4-8-18-20-13/h4,8,12,14H,1-3,5-7,9-11H2,(H,17,23)(H,18,20)(H,19,22)/t14-/m1/s1. The van der Waals surface area contributed by atoms with E-state index in [4.69, 9.17) is 0 Å². The van der Waals surface area contributed by atoms with E-state index in [2.05, 4.69) is 25.7 Å². The van der Waals surface area contributed by atoms with Crippen molar-refractivity contribution in [1.29, 1.82) is 0 Å². The second-order valence-corrected chi connectivity index (χ2v) is 6.47. The maximum absolute atomic E-state index is 12.2. The van der Waals surface area contributed by atoms with E-state index in [1.54, 1.807) is 6.20 Å². The number of likely N-dealkylation sites (tertiary alicyclic amines) is 1. The highest BCUT2D eigenvalue weighted by molar-refractivity contribution is 5.88. The van der Waals surface area contributed by atoms with E-state index in [1.165, 1.54) is 5.69 Å². The fraction of sp³-hybridized carbons (Fsp3) is 0.688. The minimum Gasteiger partial charge on any atom is -0.354 e. The number of nitrogens with zero attached hydrogens (tertiary/aromatic N) is 2. The van der Waals surface area contributed by atoms with Crippen molar-refractivity contribution in [3.63, 3.8) is 0 Å². The van der Waals surface area contributed by atoms with Crippen LogP contribution in [0.5, 0.6) is 0 Å². The molecule has 0 spiro atoms. The number of carbonyl (C=O) groups excluding carboxylic acids is 2.